The van der Waals surface area contributed by atoms with Gasteiger partial charge in [0.25, 0.3) is 0 Å². The zero-order chi connectivity index (χ0) is 14.7. The largest absolute Gasteiger partial charge is 0.492 e. The standard InChI is InChI=1S/C17H27N3O/c1-19-15-5-6-16(19)13-20(8-7-15)9-10-21-17-4-2-3-14(11-17)12-18/h2-4,11,15-16H,5-10,12-13,18H2,1H3. The predicted molar refractivity (Wildman–Crippen MR) is 85.5 cm³/mol. The molecule has 0 spiro atoms. The first kappa shape index (κ1) is 14.8. The summed E-state index contributed by atoms with van der Waals surface area (Å²) in [6, 6.07) is 9.65. The maximum atomic E-state index is 5.89. The van der Waals surface area contributed by atoms with Crippen molar-refractivity contribution in [2.45, 2.75) is 37.9 Å². The van der Waals surface area contributed by atoms with Gasteiger partial charge in [-0.1, -0.05) is 12.1 Å². The van der Waals surface area contributed by atoms with Gasteiger partial charge in [0, 0.05) is 31.7 Å². The normalized spacial score (nSPS) is 26.8. The van der Waals surface area contributed by atoms with E-state index < -0.39 is 0 Å². The minimum atomic E-state index is 0.568. The fourth-order valence-electron chi connectivity index (χ4n) is 3.64. The van der Waals surface area contributed by atoms with E-state index in [9.17, 15) is 0 Å². The van der Waals surface area contributed by atoms with E-state index in [-0.39, 0.29) is 0 Å². The zero-order valence-corrected chi connectivity index (χ0v) is 13.0. The molecule has 1 aromatic carbocycles. The van der Waals surface area contributed by atoms with Crippen molar-refractivity contribution in [2.75, 3.05) is 33.3 Å². The van der Waals surface area contributed by atoms with E-state index in [1.165, 1.54) is 32.4 Å². The summed E-state index contributed by atoms with van der Waals surface area (Å²) in [6.07, 6.45) is 4.05. The summed E-state index contributed by atoms with van der Waals surface area (Å²) in [5.41, 5.74) is 6.79. The van der Waals surface area contributed by atoms with E-state index in [0.717, 1.165) is 36.5 Å². The second kappa shape index (κ2) is 6.77. The van der Waals surface area contributed by atoms with Crippen LogP contribution in [0.1, 0.15) is 24.8 Å². The van der Waals surface area contributed by atoms with Gasteiger partial charge in [0.1, 0.15) is 12.4 Å². The Hall–Kier alpha value is -1.10. The number of hydrogen-bond donors (Lipinski definition) is 1. The van der Waals surface area contributed by atoms with Gasteiger partial charge in [0.15, 0.2) is 0 Å². The van der Waals surface area contributed by atoms with E-state index in [4.69, 9.17) is 10.5 Å². The summed E-state index contributed by atoms with van der Waals surface area (Å²) in [4.78, 5) is 5.15. The second-order valence-electron chi connectivity index (χ2n) is 6.34. The summed E-state index contributed by atoms with van der Waals surface area (Å²) in [5, 5.41) is 0. The predicted octanol–water partition coefficient (Wildman–Crippen LogP) is 1.69. The van der Waals surface area contributed by atoms with Gasteiger partial charge in [-0.15, -0.1) is 0 Å². The van der Waals surface area contributed by atoms with E-state index in [0.29, 0.717) is 6.54 Å². The maximum Gasteiger partial charge on any atom is 0.119 e. The Morgan fingerprint density at radius 2 is 2.10 bits per heavy atom. The van der Waals surface area contributed by atoms with Crippen LogP contribution in [0.2, 0.25) is 0 Å². The number of likely N-dealkylation sites (N-methyl/N-ethyl adjacent to an activating group) is 1. The van der Waals surface area contributed by atoms with Crippen LogP contribution in [0.4, 0.5) is 0 Å². The lowest BCUT2D eigenvalue weighted by Crippen LogP contribution is -2.38. The minimum absolute atomic E-state index is 0.568. The van der Waals surface area contributed by atoms with E-state index in [1.807, 2.05) is 24.3 Å². The molecule has 21 heavy (non-hydrogen) atoms. The van der Waals surface area contributed by atoms with Crippen LogP contribution in [0.25, 0.3) is 0 Å². The van der Waals surface area contributed by atoms with Crippen molar-refractivity contribution in [1.82, 2.24) is 9.80 Å². The van der Waals surface area contributed by atoms with Gasteiger partial charge in [-0.05, 0) is 50.6 Å². The number of benzene rings is 1. The van der Waals surface area contributed by atoms with Gasteiger partial charge >= 0.3 is 0 Å². The molecule has 0 aliphatic carbocycles. The second-order valence-corrected chi connectivity index (χ2v) is 6.34. The lowest BCUT2D eigenvalue weighted by molar-refractivity contribution is 0.187. The van der Waals surface area contributed by atoms with Gasteiger partial charge in [0.05, 0.1) is 0 Å². The molecular weight excluding hydrogens is 262 g/mol. The lowest BCUT2D eigenvalue weighted by atomic mass is 10.1. The summed E-state index contributed by atoms with van der Waals surface area (Å²) in [5.74, 6) is 0.936. The fraction of sp³-hybridized carbons (Fsp3) is 0.647. The number of fused-ring (bicyclic) bond motifs is 2. The highest BCUT2D eigenvalue weighted by Gasteiger charge is 2.34. The van der Waals surface area contributed by atoms with Crippen molar-refractivity contribution in [1.29, 1.82) is 0 Å². The summed E-state index contributed by atoms with van der Waals surface area (Å²) < 4.78 is 5.89. The van der Waals surface area contributed by atoms with Crippen LogP contribution < -0.4 is 10.5 Å². The average molecular weight is 289 g/mol. The number of nitrogens with zero attached hydrogens (tertiary/aromatic N) is 2. The Balaban J connectivity index is 1.47. The molecule has 2 aliphatic rings. The Kier molecular flexibility index (Phi) is 4.78. The molecule has 2 bridgehead atoms. The lowest BCUT2D eigenvalue weighted by Gasteiger charge is -2.25. The van der Waals surface area contributed by atoms with Gasteiger partial charge in [0.2, 0.25) is 0 Å². The molecule has 2 fully saturated rings. The Labute approximate surface area is 127 Å². The van der Waals surface area contributed by atoms with Crippen molar-refractivity contribution < 1.29 is 4.74 Å². The monoisotopic (exact) mass is 289 g/mol. The van der Waals surface area contributed by atoms with Crippen LogP contribution in [-0.4, -0.2) is 55.2 Å². The summed E-state index contributed by atoms with van der Waals surface area (Å²) in [7, 11) is 2.29. The third-order valence-corrected chi connectivity index (χ3v) is 5.04. The van der Waals surface area contributed by atoms with Crippen LogP contribution in [0.15, 0.2) is 24.3 Å². The van der Waals surface area contributed by atoms with Gasteiger partial charge < -0.3 is 10.5 Å². The molecule has 0 radical (unpaired) electrons. The molecule has 3 rings (SSSR count). The van der Waals surface area contributed by atoms with Crippen molar-refractivity contribution in [3.63, 3.8) is 0 Å². The number of ether oxygens (including phenoxy) is 1. The number of hydrogen-bond acceptors (Lipinski definition) is 4. The van der Waals surface area contributed by atoms with Crippen molar-refractivity contribution >= 4 is 0 Å². The average Bonchev–Trinajstić information content (AvgIpc) is 2.75. The van der Waals surface area contributed by atoms with Crippen molar-refractivity contribution in [3.05, 3.63) is 29.8 Å². The number of nitrogens with two attached hydrogens (primary N) is 1. The van der Waals surface area contributed by atoms with Crippen LogP contribution >= 0.6 is 0 Å². The first-order chi connectivity index (χ1) is 10.3. The molecule has 2 unspecified atom stereocenters. The Morgan fingerprint density at radius 1 is 1.24 bits per heavy atom. The Morgan fingerprint density at radius 3 is 2.95 bits per heavy atom. The first-order valence-corrected chi connectivity index (χ1v) is 8.12. The smallest absolute Gasteiger partial charge is 0.119 e. The molecule has 2 heterocycles. The summed E-state index contributed by atoms with van der Waals surface area (Å²) >= 11 is 0. The van der Waals surface area contributed by atoms with E-state index in [2.05, 4.69) is 16.8 Å². The van der Waals surface area contributed by atoms with Gasteiger partial charge in [-0.2, -0.15) is 0 Å². The van der Waals surface area contributed by atoms with Crippen LogP contribution in [-0.2, 0) is 6.54 Å². The molecule has 2 atom stereocenters. The van der Waals surface area contributed by atoms with Crippen molar-refractivity contribution in [3.8, 4) is 5.75 Å². The molecule has 1 aromatic rings. The molecule has 0 saturated carbocycles. The molecule has 4 nitrogen and oxygen atoms in total. The third kappa shape index (κ3) is 3.57. The van der Waals surface area contributed by atoms with Crippen LogP contribution in [0.3, 0.4) is 0 Å². The SMILES string of the molecule is CN1C2CCC1CN(CCOc1cccc(CN)c1)CC2. The molecule has 2 aliphatic heterocycles. The van der Waals surface area contributed by atoms with Gasteiger partial charge in [-0.3, -0.25) is 9.80 Å². The quantitative estimate of drug-likeness (QED) is 0.896. The van der Waals surface area contributed by atoms with Crippen LogP contribution in [0.5, 0.6) is 5.75 Å². The molecule has 0 amide bonds. The number of likely N-dealkylation sites (tertiary alicyclic amines) is 1. The zero-order valence-electron chi connectivity index (χ0n) is 13.0. The van der Waals surface area contributed by atoms with E-state index >= 15 is 0 Å². The summed E-state index contributed by atoms with van der Waals surface area (Å²) in [6.45, 7) is 4.74. The molecule has 4 heteroatoms. The van der Waals surface area contributed by atoms with Crippen LogP contribution in [0, 0.1) is 0 Å². The van der Waals surface area contributed by atoms with Crippen molar-refractivity contribution in [2.24, 2.45) is 5.73 Å². The molecule has 2 saturated heterocycles. The van der Waals surface area contributed by atoms with E-state index in [1.54, 1.807) is 0 Å². The Bertz CT molecular complexity index is 465. The fourth-order valence-corrected chi connectivity index (χ4v) is 3.64. The van der Waals surface area contributed by atoms with Gasteiger partial charge in [-0.25, -0.2) is 0 Å². The topological polar surface area (TPSA) is 41.7 Å². The molecule has 116 valence electrons. The first-order valence-electron chi connectivity index (χ1n) is 8.12. The molecule has 0 aromatic heterocycles. The highest BCUT2D eigenvalue weighted by molar-refractivity contribution is 5.28. The highest BCUT2D eigenvalue weighted by Crippen LogP contribution is 2.28. The highest BCUT2D eigenvalue weighted by atomic mass is 16.5. The number of rotatable bonds is 5. The molecular formula is C17H27N3O. The maximum absolute atomic E-state index is 5.89. The molecule has 2 N–H and O–H groups in total. The minimum Gasteiger partial charge on any atom is -0.492 e. The third-order valence-electron chi connectivity index (χ3n) is 5.04.